The molecule has 0 aliphatic carbocycles. The number of nitrogen functional groups attached to an aromatic ring is 1. The second kappa shape index (κ2) is 7.91. The molecule has 1 rings (SSSR count). The van der Waals surface area contributed by atoms with Gasteiger partial charge >= 0.3 is 0 Å². The topological polar surface area (TPSA) is 70.3 Å². The highest BCUT2D eigenvalue weighted by Gasteiger charge is 2.10. The van der Waals surface area contributed by atoms with Crippen molar-refractivity contribution in [3.8, 4) is 0 Å². The van der Waals surface area contributed by atoms with Crippen molar-refractivity contribution in [3.05, 3.63) is 11.9 Å². The van der Waals surface area contributed by atoms with E-state index in [0.29, 0.717) is 5.82 Å². The SMILES string of the molecule is CCCN(CCN(C)C)c1cc(NN)nc(CC)n1. The number of hydrazine groups is 1. The molecule has 6 nitrogen and oxygen atoms in total. The zero-order chi connectivity index (χ0) is 14.3. The third-order valence-corrected chi connectivity index (χ3v) is 2.86. The Morgan fingerprint density at radius 2 is 1.89 bits per heavy atom. The summed E-state index contributed by atoms with van der Waals surface area (Å²) in [6, 6.07) is 1.91. The van der Waals surface area contributed by atoms with Crippen LogP contribution in [0.4, 0.5) is 11.6 Å². The molecule has 0 fully saturated rings. The Morgan fingerprint density at radius 1 is 1.16 bits per heavy atom. The highest BCUT2D eigenvalue weighted by Crippen LogP contribution is 2.16. The van der Waals surface area contributed by atoms with E-state index >= 15 is 0 Å². The number of aryl methyl sites for hydroxylation is 1. The van der Waals surface area contributed by atoms with Gasteiger partial charge in [0.05, 0.1) is 0 Å². The van der Waals surface area contributed by atoms with Crippen molar-refractivity contribution in [1.29, 1.82) is 0 Å². The van der Waals surface area contributed by atoms with Crippen LogP contribution < -0.4 is 16.2 Å². The molecule has 0 aliphatic rings. The molecule has 0 bridgehead atoms. The summed E-state index contributed by atoms with van der Waals surface area (Å²) in [5.41, 5.74) is 2.62. The van der Waals surface area contributed by atoms with Gasteiger partial charge in [-0.05, 0) is 20.5 Å². The standard InChI is InChI=1S/C13H26N6/c1-5-7-19(9-8-18(3)4)13-10-12(17-14)15-11(6-2)16-13/h10H,5-9,14H2,1-4H3,(H,15,16,17). The molecule has 0 aromatic carbocycles. The molecular weight excluding hydrogens is 240 g/mol. The van der Waals surface area contributed by atoms with Gasteiger partial charge in [-0.3, -0.25) is 0 Å². The monoisotopic (exact) mass is 266 g/mol. The van der Waals surface area contributed by atoms with Crippen LogP contribution in [0.1, 0.15) is 26.1 Å². The van der Waals surface area contributed by atoms with Crippen molar-refractivity contribution >= 4 is 11.6 Å². The molecule has 19 heavy (non-hydrogen) atoms. The highest BCUT2D eigenvalue weighted by atomic mass is 15.3. The number of nitrogens with two attached hydrogens (primary N) is 1. The molecule has 0 atom stereocenters. The molecule has 108 valence electrons. The van der Waals surface area contributed by atoms with Crippen molar-refractivity contribution in [3.63, 3.8) is 0 Å². The Morgan fingerprint density at radius 3 is 2.42 bits per heavy atom. The fourth-order valence-corrected chi connectivity index (χ4v) is 1.81. The molecule has 0 radical (unpaired) electrons. The summed E-state index contributed by atoms with van der Waals surface area (Å²) in [6.07, 6.45) is 1.89. The number of aromatic nitrogens is 2. The Labute approximate surface area is 116 Å². The fourth-order valence-electron chi connectivity index (χ4n) is 1.81. The zero-order valence-electron chi connectivity index (χ0n) is 12.5. The molecule has 0 saturated heterocycles. The van der Waals surface area contributed by atoms with Crippen LogP contribution in [-0.2, 0) is 6.42 Å². The van der Waals surface area contributed by atoms with Crippen molar-refractivity contribution in [2.75, 3.05) is 44.1 Å². The molecule has 0 spiro atoms. The normalized spacial score (nSPS) is 10.8. The van der Waals surface area contributed by atoms with Crippen LogP contribution in [0.2, 0.25) is 0 Å². The van der Waals surface area contributed by atoms with E-state index in [1.165, 1.54) is 0 Å². The van der Waals surface area contributed by atoms with E-state index in [1.54, 1.807) is 0 Å². The molecule has 6 heteroatoms. The third kappa shape index (κ3) is 5.00. The second-order valence-electron chi connectivity index (χ2n) is 4.82. The first-order valence-corrected chi connectivity index (χ1v) is 6.84. The summed E-state index contributed by atoms with van der Waals surface area (Å²) in [5, 5.41) is 0. The van der Waals surface area contributed by atoms with Gasteiger partial charge in [-0.2, -0.15) is 0 Å². The smallest absolute Gasteiger partial charge is 0.145 e. The van der Waals surface area contributed by atoms with Gasteiger partial charge in [-0.15, -0.1) is 0 Å². The van der Waals surface area contributed by atoms with Crippen LogP contribution in [0, 0.1) is 0 Å². The number of likely N-dealkylation sites (N-methyl/N-ethyl adjacent to an activating group) is 1. The van der Waals surface area contributed by atoms with E-state index in [2.05, 4.69) is 46.2 Å². The average Bonchev–Trinajstić information content (AvgIpc) is 2.42. The van der Waals surface area contributed by atoms with Crippen molar-refractivity contribution < 1.29 is 0 Å². The van der Waals surface area contributed by atoms with Gasteiger partial charge in [-0.25, -0.2) is 15.8 Å². The van der Waals surface area contributed by atoms with Crippen LogP contribution in [0.5, 0.6) is 0 Å². The molecule has 0 aliphatic heterocycles. The number of hydrogen-bond acceptors (Lipinski definition) is 6. The molecule has 3 N–H and O–H groups in total. The number of anilines is 2. The molecule has 1 heterocycles. The van der Waals surface area contributed by atoms with Gasteiger partial charge in [0.15, 0.2) is 0 Å². The summed E-state index contributed by atoms with van der Waals surface area (Å²) < 4.78 is 0. The summed E-state index contributed by atoms with van der Waals surface area (Å²) in [4.78, 5) is 13.4. The maximum atomic E-state index is 5.47. The highest BCUT2D eigenvalue weighted by molar-refractivity contribution is 5.48. The molecule has 1 aromatic heterocycles. The molecule has 1 aromatic rings. The summed E-state index contributed by atoms with van der Waals surface area (Å²) in [7, 11) is 4.16. The second-order valence-corrected chi connectivity index (χ2v) is 4.82. The fraction of sp³-hybridized carbons (Fsp3) is 0.692. The Hall–Kier alpha value is -1.40. The lowest BCUT2D eigenvalue weighted by Crippen LogP contribution is -2.33. The van der Waals surface area contributed by atoms with Gasteiger partial charge in [-0.1, -0.05) is 13.8 Å². The largest absolute Gasteiger partial charge is 0.355 e. The van der Waals surface area contributed by atoms with E-state index < -0.39 is 0 Å². The van der Waals surface area contributed by atoms with E-state index in [0.717, 1.165) is 44.1 Å². The van der Waals surface area contributed by atoms with E-state index in [4.69, 9.17) is 5.84 Å². The van der Waals surface area contributed by atoms with Crippen molar-refractivity contribution in [1.82, 2.24) is 14.9 Å². The third-order valence-electron chi connectivity index (χ3n) is 2.86. The lowest BCUT2D eigenvalue weighted by Gasteiger charge is -2.25. The first kappa shape index (κ1) is 15.7. The number of hydrogen-bond donors (Lipinski definition) is 2. The maximum absolute atomic E-state index is 5.47. The maximum Gasteiger partial charge on any atom is 0.145 e. The predicted octanol–water partition coefficient (Wildman–Crippen LogP) is 1.10. The van der Waals surface area contributed by atoms with Crippen LogP contribution in [0.3, 0.4) is 0 Å². The van der Waals surface area contributed by atoms with Crippen LogP contribution in [-0.4, -0.2) is 48.6 Å². The molecule has 0 unspecified atom stereocenters. The molecule has 0 amide bonds. The quantitative estimate of drug-likeness (QED) is 0.542. The Bertz CT molecular complexity index is 357. The van der Waals surface area contributed by atoms with Gasteiger partial charge < -0.3 is 15.2 Å². The summed E-state index contributed by atoms with van der Waals surface area (Å²) in [6.45, 7) is 7.15. The van der Waals surface area contributed by atoms with E-state index in [9.17, 15) is 0 Å². The molecule has 0 saturated carbocycles. The lowest BCUT2D eigenvalue weighted by molar-refractivity contribution is 0.412. The molecular formula is C13H26N6. The van der Waals surface area contributed by atoms with Crippen molar-refractivity contribution in [2.45, 2.75) is 26.7 Å². The zero-order valence-corrected chi connectivity index (χ0v) is 12.5. The first-order chi connectivity index (χ1) is 9.10. The van der Waals surface area contributed by atoms with Crippen LogP contribution in [0.15, 0.2) is 6.07 Å². The van der Waals surface area contributed by atoms with Crippen LogP contribution >= 0.6 is 0 Å². The number of nitrogens with zero attached hydrogens (tertiary/aromatic N) is 4. The van der Waals surface area contributed by atoms with E-state index in [-0.39, 0.29) is 0 Å². The number of nitrogens with one attached hydrogen (secondary N) is 1. The summed E-state index contributed by atoms with van der Waals surface area (Å²) in [5.74, 6) is 7.91. The first-order valence-electron chi connectivity index (χ1n) is 6.84. The van der Waals surface area contributed by atoms with Crippen LogP contribution in [0.25, 0.3) is 0 Å². The number of rotatable bonds is 8. The minimum absolute atomic E-state index is 0.674. The van der Waals surface area contributed by atoms with Gasteiger partial charge in [0.1, 0.15) is 17.5 Å². The average molecular weight is 266 g/mol. The minimum atomic E-state index is 0.674. The lowest BCUT2D eigenvalue weighted by atomic mass is 10.3. The van der Waals surface area contributed by atoms with E-state index in [1.807, 2.05) is 13.0 Å². The van der Waals surface area contributed by atoms with Gasteiger partial charge in [0.2, 0.25) is 0 Å². The minimum Gasteiger partial charge on any atom is -0.355 e. The van der Waals surface area contributed by atoms with Gasteiger partial charge in [0.25, 0.3) is 0 Å². The summed E-state index contributed by atoms with van der Waals surface area (Å²) >= 11 is 0. The Balaban J connectivity index is 2.92. The van der Waals surface area contributed by atoms with Crippen molar-refractivity contribution in [2.24, 2.45) is 5.84 Å². The Kier molecular flexibility index (Phi) is 6.52. The predicted molar refractivity (Wildman–Crippen MR) is 80.3 cm³/mol. The van der Waals surface area contributed by atoms with Gasteiger partial charge in [0, 0.05) is 32.1 Å².